The lowest BCUT2D eigenvalue weighted by atomic mass is 10.4. The zero-order valence-corrected chi connectivity index (χ0v) is 11.5. The second kappa shape index (κ2) is 20.8. The third kappa shape index (κ3) is 36.6. The molecule has 0 heterocycles. The molecule has 0 rings (SSSR count). The zero-order valence-electron chi connectivity index (χ0n) is 10.7. The smallest absolute Gasteiger partial charge is 0.330 e. The Balaban J connectivity index is -0.000000216. The Labute approximate surface area is 114 Å². The molecule has 0 aromatic heterocycles. The molecule has 0 radical (unpaired) electrons. The maximum Gasteiger partial charge on any atom is 0.330 e. The predicted octanol–water partition coefficient (Wildman–Crippen LogP) is 3.53. The molecule has 0 aromatic carbocycles. The van der Waals surface area contributed by atoms with Gasteiger partial charge in [0.2, 0.25) is 0 Å². The van der Waals surface area contributed by atoms with Crippen molar-refractivity contribution in [3.05, 3.63) is 37.4 Å². The summed E-state index contributed by atoms with van der Waals surface area (Å²) in [5, 5.41) is 7.84. The van der Waals surface area contributed by atoms with Crippen LogP contribution in [0.5, 0.6) is 0 Å². The molecule has 0 saturated carbocycles. The Morgan fingerprint density at radius 1 is 1.33 bits per heavy atom. The van der Waals surface area contributed by atoms with Crippen LogP contribution >= 0.6 is 11.6 Å². The molecule has 0 aromatic rings. The normalized spacial score (nSPS) is 7.44. The van der Waals surface area contributed by atoms with Gasteiger partial charge in [-0.2, -0.15) is 0 Å². The van der Waals surface area contributed by atoms with Crippen molar-refractivity contribution in [3.8, 4) is 0 Å². The van der Waals surface area contributed by atoms with Gasteiger partial charge in [-0.25, -0.2) is 4.79 Å². The highest BCUT2D eigenvalue weighted by Gasteiger charge is 1.91. The molecule has 0 atom stereocenters. The van der Waals surface area contributed by atoms with Crippen molar-refractivity contribution < 1.29 is 19.4 Å². The number of unbranched alkanes of at least 4 members (excludes halogenated alkanes) is 1. The van der Waals surface area contributed by atoms with Crippen LogP contribution in [0.1, 0.15) is 26.2 Å². The molecule has 0 spiro atoms. The number of aliphatic carboxylic acids is 1. The Kier molecular flexibility index (Phi) is 25.1. The molecule has 0 amide bonds. The van der Waals surface area contributed by atoms with Gasteiger partial charge in [-0.1, -0.05) is 44.2 Å². The Morgan fingerprint density at radius 3 is 2.06 bits per heavy atom. The van der Waals surface area contributed by atoms with Crippen LogP contribution in [0, 0.1) is 0 Å². The van der Waals surface area contributed by atoms with Gasteiger partial charge in [0.1, 0.15) is 0 Å². The van der Waals surface area contributed by atoms with Gasteiger partial charge in [0.25, 0.3) is 0 Å². The molecular weight excluding hydrogens is 256 g/mol. The van der Waals surface area contributed by atoms with Gasteiger partial charge in [-0.3, -0.25) is 4.79 Å². The number of carbonyl (C=O) groups excluding carboxylic acids is 1. The van der Waals surface area contributed by atoms with Crippen molar-refractivity contribution in [2.75, 3.05) is 6.61 Å². The standard InChI is InChI=1S/C7H12O2.C4H6O2.C2H3Cl/c1-3-5-6-9-7(8)4-2;1-2-3-4(5)6;1-2-3/h4H,2-3,5-6H2,1H3;2H,1,3H2,(H,5,6);2H,1H2. The Hall–Kier alpha value is -1.55. The molecular formula is C13H21ClO4. The molecule has 18 heavy (non-hydrogen) atoms. The topological polar surface area (TPSA) is 63.6 Å². The molecule has 0 aliphatic heterocycles. The van der Waals surface area contributed by atoms with Crippen molar-refractivity contribution in [1.29, 1.82) is 0 Å². The number of halogens is 1. The fourth-order valence-corrected chi connectivity index (χ4v) is 0.499. The second-order valence-corrected chi connectivity index (χ2v) is 3.07. The summed E-state index contributed by atoms with van der Waals surface area (Å²) in [5.74, 6) is -1.16. The van der Waals surface area contributed by atoms with Gasteiger partial charge in [0, 0.05) is 6.08 Å². The highest BCUT2D eigenvalue weighted by molar-refractivity contribution is 6.25. The van der Waals surface area contributed by atoms with Gasteiger partial charge in [-0.15, -0.1) is 6.58 Å². The van der Waals surface area contributed by atoms with E-state index in [0.29, 0.717) is 6.61 Å². The summed E-state index contributed by atoms with van der Waals surface area (Å²) in [7, 11) is 0. The summed E-state index contributed by atoms with van der Waals surface area (Å²) in [5.41, 5.74) is 1.22. The van der Waals surface area contributed by atoms with Crippen molar-refractivity contribution >= 4 is 23.5 Å². The van der Waals surface area contributed by atoms with E-state index in [2.05, 4.69) is 24.5 Å². The van der Waals surface area contributed by atoms with Gasteiger partial charge in [0.15, 0.2) is 0 Å². The van der Waals surface area contributed by atoms with E-state index in [0.717, 1.165) is 12.8 Å². The minimum absolute atomic E-state index is 0.0556. The molecule has 5 heteroatoms. The van der Waals surface area contributed by atoms with E-state index in [-0.39, 0.29) is 12.4 Å². The number of carboxylic acids is 1. The van der Waals surface area contributed by atoms with Crippen molar-refractivity contribution in [3.63, 3.8) is 0 Å². The van der Waals surface area contributed by atoms with Gasteiger partial charge < -0.3 is 9.84 Å². The summed E-state index contributed by atoms with van der Waals surface area (Å²) >= 11 is 4.76. The third-order valence-electron chi connectivity index (χ3n) is 1.23. The molecule has 0 bridgehead atoms. The molecule has 0 aliphatic rings. The van der Waals surface area contributed by atoms with Crippen LogP contribution in [0.25, 0.3) is 0 Å². The van der Waals surface area contributed by atoms with E-state index < -0.39 is 5.97 Å². The molecule has 0 aliphatic carbocycles. The van der Waals surface area contributed by atoms with Crippen molar-refractivity contribution in [2.24, 2.45) is 0 Å². The van der Waals surface area contributed by atoms with Gasteiger partial charge in [-0.05, 0) is 12.0 Å². The maximum atomic E-state index is 10.3. The van der Waals surface area contributed by atoms with E-state index in [1.54, 1.807) is 0 Å². The molecule has 0 unspecified atom stereocenters. The number of hydrogen-bond acceptors (Lipinski definition) is 3. The van der Waals surface area contributed by atoms with Crippen LogP contribution in [0.3, 0.4) is 0 Å². The lowest BCUT2D eigenvalue weighted by Gasteiger charge is -1.97. The SMILES string of the molecule is C=CC(=O)OCCCC.C=CCC(=O)O.C=CCl. The maximum absolute atomic E-state index is 10.3. The lowest BCUT2D eigenvalue weighted by molar-refractivity contribution is -0.138. The minimum Gasteiger partial charge on any atom is -0.481 e. The summed E-state index contributed by atoms with van der Waals surface area (Å²) in [6.45, 7) is 12.2. The Morgan fingerprint density at radius 2 is 1.83 bits per heavy atom. The van der Waals surface area contributed by atoms with E-state index in [1.165, 1.54) is 17.7 Å². The molecule has 0 fully saturated rings. The number of esters is 1. The number of ether oxygens (including phenoxy) is 1. The van der Waals surface area contributed by atoms with Gasteiger partial charge in [0.05, 0.1) is 13.0 Å². The van der Waals surface area contributed by atoms with Crippen LogP contribution in [0.15, 0.2) is 37.4 Å². The van der Waals surface area contributed by atoms with E-state index in [9.17, 15) is 9.59 Å². The summed E-state index contributed by atoms with van der Waals surface area (Å²) in [6.07, 6.45) is 4.56. The predicted molar refractivity (Wildman–Crippen MR) is 74.6 cm³/mol. The summed E-state index contributed by atoms with van der Waals surface area (Å²) in [4.78, 5) is 19.9. The number of carbonyl (C=O) groups is 2. The highest BCUT2D eigenvalue weighted by atomic mass is 35.5. The average Bonchev–Trinajstić information content (AvgIpc) is 2.31. The van der Waals surface area contributed by atoms with Crippen LogP contribution in [-0.2, 0) is 14.3 Å². The fourth-order valence-electron chi connectivity index (χ4n) is 0.499. The monoisotopic (exact) mass is 276 g/mol. The van der Waals surface area contributed by atoms with Crippen molar-refractivity contribution in [1.82, 2.24) is 0 Å². The first-order valence-electron chi connectivity index (χ1n) is 5.33. The first kappa shape index (κ1) is 21.7. The zero-order chi connectivity index (χ0) is 14.8. The first-order valence-corrected chi connectivity index (χ1v) is 5.76. The van der Waals surface area contributed by atoms with Gasteiger partial charge >= 0.3 is 11.9 Å². The number of rotatable bonds is 6. The number of hydrogen-bond donors (Lipinski definition) is 1. The number of carboxylic acid groups (broad SMARTS) is 1. The molecule has 4 nitrogen and oxygen atoms in total. The minimum atomic E-state index is -0.829. The van der Waals surface area contributed by atoms with E-state index in [1.807, 2.05) is 6.92 Å². The molecule has 0 saturated heterocycles. The van der Waals surface area contributed by atoms with Crippen LogP contribution < -0.4 is 0 Å². The average molecular weight is 277 g/mol. The summed E-state index contributed by atoms with van der Waals surface area (Å²) in [6, 6.07) is 0. The van der Waals surface area contributed by atoms with Crippen LogP contribution in [0.4, 0.5) is 0 Å². The third-order valence-corrected chi connectivity index (χ3v) is 1.23. The first-order chi connectivity index (χ1) is 8.49. The Bertz CT molecular complexity index is 249. The second-order valence-electron chi connectivity index (χ2n) is 2.77. The molecule has 104 valence electrons. The quantitative estimate of drug-likeness (QED) is 0.349. The fraction of sp³-hybridized carbons (Fsp3) is 0.385. The van der Waals surface area contributed by atoms with E-state index in [4.69, 9.17) is 16.7 Å². The van der Waals surface area contributed by atoms with Crippen molar-refractivity contribution in [2.45, 2.75) is 26.2 Å². The van der Waals surface area contributed by atoms with Crippen LogP contribution in [0.2, 0.25) is 0 Å². The lowest BCUT2D eigenvalue weighted by Crippen LogP contribution is -2.00. The van der Waals surface area contributed by atoms with Crippen LogP contribution in [-0.4, -0.2) is 23.7 Å². The molecule has 1 N–H and O–H groups in total. The summed E-state index contributed by atoms with van der Waals surface area (Å²) < 4.78 is 4.67. The highest BCUT2D eigenvalue weighted by Crippen LogP contribution is 1.88. The largest absolute Gasteiger partial charge is 0.481 e. The van der Waals surface area contributed by atoms with E-state index >= 15 is 0 Å².